The monoisotopic (exact) mass is 498 g/mol. The van der Waals surface area contributed by atoms with Crippen molar-refractivity contribution in [3.63, 3.8) is 0 Å². The molecule has 4 heterocycles. The highest BCUT2D eigenvalue weighted by Crippen LogP contribution is 2.38. The summed E-state index contributed by atoms with van der Waals surface area (Å²) in [7, 11) is 0. The van der Waals surface area contributed by atoms with Gasteiger partial charge < -0.3 is 69.3 Å². The Bertz CT molecular complexity index is 779. The van der Waals surface area contributed by atoms with Crippen LogP contribution in [0.4, 0.5) is 0 Å². The van der Waals surface area contributed by atoms with E-state index in [0.29, 0.717) is 0 Å². The lowest BCUT2D eigenvalue weighted by atomic mass is 9.94. The Morgan fingerprint density at radius 2 is 1.18 bits per heavy atom. The second-order valence-corrected chi connectivity index (χ2v) is 8.48. The summed E-state index contributed by atoms with van der Waals surface area (Å²) in [6, 6.07) is 0. The minimum atomic E-state index is -2.02. The normalized spacial score (nSPS) is 53.4. The molecule has 4 fully saturated rings. The van der Waals surface area contributed by atoms with Crippen LogP contribution < -0.4 is 0 Å². The molecule has 0 spiro atoms. The molecule has 16 nitrogen and oxygen atoms in total. The second-order valence-electron chi connectivity index (χ2n) is 8.48. The van der Waals surface area contributed by atoms with Gasteiger partial charge in [-0.25, -0.2) is 9.59 Å². The van der Waals surface area contributed by atoms with Crippen molar-refractivity contribution in [1.29, 1.82) is 0 Å². The molecule has 4 aliphatic rings. The smallest absolute Gasteiger partial charge is 0.335 e. The van der Waals surface area contributed by atoms with Crippen LogP contribution in [-0.4, -0.2) is 145 Å². The van der Waals surface area contributed by atoms with Crippen LogP contribution in [0.5, 0.6) is 0 Å². The number of carboxylic acids is 2. The Morgan fingerprint density at radius 1 is 0.618 bits per heavy atom. The second kappa shape index (κ2) is 9.49. The maximum Gasteiger partial charge on any atom is 0.335 e. The van der Waals surface area contributed by atoms with Gasteiger partial charge >= 0.3 is 11.9 Å². The summed E-state index contributed by atoms with van der Waals surface area (Å²) in [5.41, 5.74) is 0. The SMILES string of the molecule is C[C@@H]1O[C@@H]2O[C@H]3[C@@H](O[C@@H]2[C@H](O)[C@H]1O)O[C@H](C(=O)O)[C@H](O)[C@@H]3O[C@@H]1O[C@H](C(=O)O)[C@@H](O)[C@H](O)[C@H]1O. The van der Waals surface area contributed by atoms with Crippen LogP contribution in [0.2, 0.25) is 0 Å². The van der Waals surface area contributed by atoms with Crippen molar-refractivity contribution in [1.82, 2.24) is 0 Å². The molecule has 4 aliphatic heterocycles. The Kier molecular flexibility index (Phi) is 7.13. The summed E-state index contributed by atoms with van der Waals surface area (Å²) in [4.78, 5) is 23.0. The van der Waals surface area contributed by atoms with Gasteiger partial charge in [-0.05, 0) is 6.92 Å². The van der Waals surface area contributed by atoms with Gasteiger partial charge in [0.1, 0.15) is 54.9 Å². The number of aliphatic hydroxyl groups is 6. The molecular formula is C18H26O16. The molecule has 0 radical (unpaired) electrons. The highest BCUT2D eigenvalue weighted by molar-refractivity contribution is 5.74. The van der Waals surface area contributed by atoms with Gasteiger partial charge in [-0.2, -0.15) is 0 Å². The number of ether oxygens (including phenoxy) is 6. The number of carbonyl (C=O) groups is 2. The minimum Gasteiger partial charge on any atom is -0.479 e. The number of fused-ring (bicyclic) bond motifs is 2. The average Bonchev–Trinajstić information content (AvgIpc) is 2.78. The molecule has 34 heavy (non-hydrogen) atoms. The van der Waals surface area contributed by atoms with Gasteiger partial charge in [0, 0.05) is 0 Å². The molecule has 16 heteroatoms. The molecule has 0 saturated carbocycles. The fourth-order valence-electron chi connectivity index (χ4n) is 4.32. The first-order valence-corrected chi connectivity index (χ1v) is 10.4. The molecule has 8 N–H and O–H groups in total. The quantitative estimate of drug-likeness (QED) is 0.180. The van der Waals surface area contributed by atoms with Gasteiger partial charge in [0.2, 0.25) is 0 Å². The third-order valence-electron chi connectivity index (χ3n) is 6.23. The van der Waals surface area contributed by atoms with Gasteiger partial charge in [0.05, 0.1) is 6.10 Å². The number of hydrogen-bond donors (Lipinski definition) is 8. The Balaban J connectivity index is 1.60. The molecule has 194 valence electrons. The zero-order chi connectivity index (χ0) is 25.1. The molecule has 0 aromatic heterocycles. The van der Waals surface area contributed by atoms with Gasteiger partial charge in [-0.1, -0.05) is 0 Å². The molecule has 0 amide bonds. The van der Waals surface area contributed by atoms with E-state index >= 15 is 0 Å². The topological polar surface area (TPSA) is 251 Å². The van der Waals surface area contributed by atoms with E-state index < -0.39 is 104 Å². The lowest BCUT2D eigenvalue weighted by Crippen LogP contribution is -2.71. The lowest BCUT2D eigenvalue weighted by molar-refractivity contribution is -0.436. The van der Waals surface area contributed by atoms with Crippen molar-refractivity contribution in [3.8, 4) is 0 Å². The van der Waals surface area contributed by atoms with Crippen molar-refractivity contribution in [2.75, 3.05) is 0 Å². The molecule has 0 unspecified atom stereocenters. The van der Waals surface area contributed by atoms with Crippen molar-refractivity contribution in [2.45, 2.75) is 99.0 Å². The van der Waals surface area contributed by atoms with E-state index in [1.807, 2.05) is 0 Å². The number of hydrogen-bond acceptors (Lipinski definition) is 14. The van der Waals surface area contributed by atoms with E-state index in [-0.39, 0.29) is 0 Å². The average molecular weight is 498 g/mol. The molecule has 0 aliphatic carbocycles. The van der Waals surface area contributed by atoms with Crippen LogP contribution in [0, 0.1) is 0 Å². The van der Waals surface area contributed by atoms with E-state index in [1.54, 1.807) is 0 Å². The number of aliphatic carboxylic acids is 2. The fraction of sp³-hybridized carbons (Fsp3) is 0.889. The largest absolute Gasteiger partial charge is 0.479 e. The van der Waals surface area contributed by atoms with E-state index in [1.165, 1.54) is 6.92 Å². The lowest BCUT2D eigenvalue weighted by Gasteiger charge is -2.53. The Labute approximate surface area is 190 Å². The number of carboxylic acid groups (broad SMARTS) is 2. The van der Waals surface area contributed by atoms with Crippen molar-refractivity contribution in [2.24, 2.45) is 0 Å². The van der Waals surface area contributed by atoms with Crippen LogP contribution in [0.1, 0.15) is 6.92 Å². The first-order chi connectivity index (χ1) is 15.9. The number of aliphatic hydroxyl groups excluding tert-OH is 6. The summed E-state index contributed by atoms with van der Waals surface area (Å²) in [6.45, 7) is 1.45. The first-order valence-electron chi connectivity index (χ1n) is 10.4. The molecule has 0 aromatic carbocycles. The zero-order valence-corrected chi connectivity index (χ0v) is 17.5. The predicted octanol–water partition coefficient (Wildman–Crippen LogP) is -5.32. The van der Waals surface area contributed by atoms with Crippen molar-refractivity contribution < 1.29 is 78.9 Å². The summed E-state index contributed by atoms with van der Waals surface area (Å²) < 4.78 is 32.5. The van der Waals surface area contributed by atoms with E-state index in [4.69, 9.17) is 28.4 Å². The van der Waals surface area contributed by atoms with E-state index in [2.05, 4.69) is 0 Å². The standard InChI is InChI=1S/C18H26O16/c1-2-3(19)5(21)12-17(29-2)34-13-9(8(24)11(15(27)28)32-18(13)33-12)30-16-7(23)4(20)6(22)10(31-16)14(25)26/h2-13,16-24H,1H3,(H,25,26)(H,27,28)/t2-,3-,4-,5+,6-,7+,8+,9-,10-,11-,12+,13+,16+,17+,18+/m0/s1. The van der Waals surface area contributed by atoms with Crippen LogP contribution in [0.15, 0.2) is 0 Å². The Hall–Kier alpha value is -1.54. The summed E-state index contributed by atoms with van der Waals surface area (Å²) >= 11 is 0. The van der Waals surface area contributed by atoms with Crippen molar-refractivity contribution in [3.05, 3.63) is 0 Å². The van der Waals surface area contributed by atoms with E-state index in [9.17, 15) is 50.4 Å². The van der Waals surface area contributed by atoms with Crippen LogP contribution in [0.25, 0.3) is 0 Å². The highest BCUT2D eigenvalue weighted by atomic mass is 16.8. The molecule has 4 saturated heterocycles. The van der Waals surface area contributed by atoms with Crippen LogP contribution >= 0.6 is 0 Å². The molecule has 0 aromatic rings. The summed E-state index contributed by atoms with van der Waals surface area (Å²) in [5, 5.41) is 79.7. The van der Waals surface area contributed by atoms with Crippen LogP contribution in [-0.2, 0) is 38.0 Å². The van der Waals surface area contributed by atoms with Gasteiger partial charge in [0.25, 0.3) is 0 Å². The first kappa shape index (κ1) is 25.5. The fourth-order valence-corrected chi connectivity index (χ4v) is 4.32. The summed E-state index contributed by atoms with van der Waals surface area (Å²) in [5.74, 6) is -3.32. The van der Waals surface area contributed by atoms with Gasteiger partial charge in [0.15, 0.2) is 31.1 Å². The van der Waals surface area contributed by atoms with Gasteiger partial charge in [-0.3, -0.25) is 0 Å². The third-order valence-corrected chi connectivity index (χ3v) is 6.23. The molecule has 15 atom stereocenters. The highest BCUT2D eigenvalue weighted by Gasteiger charge is 2.59. The molecule has 4 rings (SSSR count). The predicted molar refractivity (Wildman–Crippen MR) is 97.6 cm³/mol. The number of rotatable bonds is 4. The van der Waals surface area contributed by atoms with E-state index in [0.717, 1.165) is 0 Å². The zero-order valence-electron chi connectivity index (χ0n) is 17.5. The van der Waals surface area contributed by atoms with Gasteiger partial charge in [-0.15, -0.1) is 0 Å². The Morgan fingerprint density at radius 3 is 1.79 bits per heavy atom. The maximum absolute atomic E-state index is 11.6. The van der Waals surface area contributed by atoms with Crippen molar-refractivity contribution >= 4 is 11.9 Å². The maximum atomic E-state index is 11.6. The van der Waals surface area contributed by atoms with Crippen LogP contribution in [0.3, 0.4) is 0 Å². The summed E-state index contributed by atoms with van der Waals surface area (Å²) in [6.07, 6.45) is -25.0. The minimum absolute atomic E-state index is 0.895. The molecular weight excluding hydrogens is 472 g/mol. The molecule has 0 bridgehead atoms. The third kappa shape index (κ3) is 4.29.